The van der Waals surface area contributed by atoms with Crippen LogP contribution in [-0.4, -0.2) is 61.3 Å². The van der Waals surface area contributed by atoms with Gasteiger partial charge in [0.15, 0.2) is 0 Å². The van der Waals surface area contributed by atoms with Gasteiger partial charge < -0.3 is 19.1 Å². The molecule has 6 rings (SSSR count). The second-order valence-corrected chi connectivity index (χ2v) is 10.7. The highest BCUT2D eigenvalue weighted by Crippen LogP contribution is 2.33. The van der Waals surface area contributed by atoms with Gasteiger partial charge in [0.1, 0.15) is 23.9 Å². The number of fused-ring (bicyclic) bond motifs is 1. The van der Waals surface area contributed by atoms with Crippen LogP contribution in [-0.2, 0) is 24.4 Å². The monoisotopic (exact) mass is 565 g/mol. The maximum atomic E-state index is 14.2. The van der Waals surface area contributed by atoms with E-state index in [1.807, 2.05) is 0 Å². The normalized spacial score (nSPS) is 18.1. The zero-order valence-electron chi connectivity index (χ0n) is 21.8. The Morgan fingerprint density at radius 1 is 1.12 bits per heavy atom. The van der Waals surface area contributed by atoms with E-state index in [0.717, 1.165) is 61.5 Å². The van der Waals surface area contributed by atoms with Gasteiger partial charge in [-0.2, -0.15) is 0 Å². The molecule has 9 nitrogen and oxygen atoms in total. The summed E-state index contributed by atoms with van der Waals surface area (Å²) in [6, 6.07) is 9.59. The first-order chi connectivity index (χ1) is 19.4. The molecule has 11 heteroatoms. The van der Waals surface area contributed by atoms with Gasteiger partial charge in [0.2, 0.25) is 5.88 Å². The number of aromatic carboxylic acids is 1. The summed E-state index contributed by atoms with van der Waals surface area (Å²) in [6.07, 6.45) is 6.06. The first-order valence-corrected chi connectivity index (χ1v) is 13.8. The maximum absolute atomic E-state index is 14.2. The fourth-order valence-corrected chi connectivity index (χ4v) is 5.50. The van der Waals surface area contributed by atoms with Gasteiger partial charge in [0.05, 0.1) is 35.8 Å². The van der Waals surface area contributed by atoms with Crippen LogP contribution in [0.5, 0.6) is 5.88 Å². The van der Waals surface area contributed by atoms with Gasteiger partial charge in [-0.3, -0.25) is 9.88 Å². The summed E-state index contributed by atoms with van der Waals surface area (Å²) in [5.41, 5.74) is 3.04. The molecule has 0 unspecified atom stereocenters. The molecule has 0 radical (unpaired) electrons. The standard InChI is InChI=1S/C29H29ClFN5O4/c30-21-3-1-20(23(31)14-21)17-40-28-27(32-8-9-33-28)18-5-10-35(11-6-18)16-26-34-24-4-2-19(29(37)38)13-25(24)36(26)15-22-7-12-39-22/h1-4,8-9,13-14,18,22H,5-7,10-12,15-17H2,(H,37,38)/t22-/m0/s1. The fraction of sp³-hybridized carbons (Fsp3) is 0.379. The van der Waals surface area contributed by atoms with E-state index in [2.05, 4.69) is 19.4 Å². The van der Waals surface area contributed by atoms with E-state index in [4.69, 9.17) is 26.1 Å². The highest BCUT2D eigenvalue weighted by molar-refractivity contribution is 6.30. The number of rotatable bonds is 9. The van der Waals surface area contributed by atoms with Crippen molar-refractivity contribution in [2.45, 2.75) is 51.0 Å². The van der Waals surface area contributed by atoms with Crippen molar-refractivity contribution in [3.8, 4) is 5.88 Å². The van der Waals surface area contributed by atoms with Gasteiger partial charge >= 0.3 is 5.97 Å². The van der Waals surface area contributed by atoms with E-state index < -0.39 is 11.8 Å². The van der Waals surface area contributed by atoms with Crippen LogP contribution in [0.4, 0.5) is 4.39 Å². The predicted octanol–water partition coefficient (Wildman–Crippen LogP) is 5.06. The van der Waals surface area contributed by atoms with E-state index in [1.54, 1.807) is 42.7 Å². The molecular formula is C29H29ClFN5O4. The Kier molecular flexibility index (Phi) is 7.64. The Labute approximate surface area is 235 Å². The summed E-state index contributed by atoms with van der Waals surface area (Å²) in [7, 11) is 0. The first-order valence-electron chi connectivity index (χ1n) is 13.4. The van der Waals surface area contributed by atoms with Crippen LogP contribution in [0.25, 0.3) is 11.0 Å². The van der Waals surface area contributed by atoms with Crippen LogP contribution < -0.4 is 4.74 Å². The number of benzene rings is 2. The molecule has 2 aliphatic heterocycles. The van der Waals surface area contributed by atoms with Crippen molar-refractivity contribution in [3.63, 3.8) is 0 Å². The van der Waals surface area contributed by atoms with Crippen molar-refractivity contribution in [1.82, 2.24) is 24.4 Å². The van der Waals surface area contributed by atoms with Gasteiger partial charge in [-0.25, -0.2) is 19.2 Å². The van der Waals surface area contributed by atoms with Crippen molar-refractivity contribution in [3.05, 3.63) is 82.3 Å². The van der Waals surface area contributed by atoms with Crippen LogP contribution in [0, 0.1) is 5.82 Å². The van der Waals surface area contributed by atoms with E-state index in [0.29, 0.717) is 29.6 Å². The number of carboxylic acid groups (broad SMARTS) is 1. The summed E-state index contributed by atoms with van der Waals surface area (Å²) in [5.74, 6) is 0.117. The summed E-state index contributed by atoms with van der Waals surface area (Å²) >= 11 is 5.86. The molecule has 2 aliphatic rings. The number of piperidine rings is 1. The molecule has 2 aromatic carbocycles. The number of likely N-dealkylation sites (tertiary alicyclic amines) is 1. The summed E-state index contributed by atoms with van der Waals surface area (Å²) in [5, 5.41) is 9.83. The molecule has 208 valence electrons. The number of carbonyl (C=O) groups is 1. The van der Waals surface area contributed by atoms with E-state index >= 15 is 0 Å². The second kappa shape index (κ2) is 11.5. The number of nitrogens with zero attached hydrogens (tertiary/aromatic N) is 5. The number of aromatic nitrogens is 4. The minimum Gasteiger partial charge on any atom is -0.478 e. The molecule has 4 heterocycles. The van der Waals surface area contributed by atoms with Crippen molar-refractivity contribution < 1.29 is 23.8 Å². The van der Waals surface area contributed by atoms with Crippen molar-refractivity contribution in [1.29, 1.82) is 0 Å². The quantitative estimate of drug-likeness (QED) is 0.300. The number of hydrogen-bond acceptors (Lipinski definition) is 7. The predicted molar refractivity (Wildman–Crippen MR) is 146 cm³/mol. The third-order valence-electron chi connectivity index (χ3n) is 7.66. The number of ether oxygens (including phenoxy) is 2. The Morgan fingerprint density at radius 3 is 2.65 bits per heavy atom. The second-order valence-electron chi connectivity index (χ2n) is 10.3. The third-order valence-corrected chi connectivity index (χ3v) is 7.90. The van der Waals surface area contributed by atoms with E-state index in [1.165, 1.54) is 6.07 Å². The van der Waals surface area contributed by atoms with Crippen LogP contribution in [0.2, 0.25) is 5.02 Å². The largest absolute Gasteiger partial charge is 0.478 e. The molecule has 0 bridgehead atoms. The van der Waals surface area contributed by atoms with Crippen molar-refractivity contribution >= 4 is 28.6 Å². The number of halogens is 2. The fourth-order valence-electron chi connectivity index (χ4n) is 5.34. The molecule has 1 N–H and O–H groups in total. The number of imidazole rings is 1. The Morgan fingerprint density at radius 2 is 1.93 bits per heavy atom. The lowest BCUT2D eigenvalue weighted by Crippen LogP contribution is -2.35. The molecule has 2 saturated heterocycles. The molecule has 2 aromatic heterocycles. The van der Waals surface area contributed by atoms with Gasteiger partial charge in [-0.1, -0.05) is 17.7 Å². The van der Waals surface area contributed by atoms with Crippen LogP contribution >= 0.6 is 11.6 Å². The zero-order valence-corrected chi connectivity index (χ0v) is 22.6. The summed E-state index contributed by atoms with van der Waals surface area (Å²) < 4.78 is 27.9. The Balaban J connectivity index is 1.14. The molecule has 4 aromatic rings. The third kappa shape index (κ3) is 5.65. The molecule has 2 fully saturated rings. The van der Waals surface area contributed by atoms with Gasteiger partial charge in [0.25, 0.3) is 0 Å². The lowest BCUT2D eigenvalue weighted by Gasteiger charge is -2.32. The first kappa shape index (κ1) is 26.6. The topological polar surface area (TPSA) is 103 Å². The van der Waals surface area contributed by atoms with Crippen LogP contribution in [0.15, 0.2) is 48.8 Å². The molecule has 0 aliphatic carbocycles. The van der Waals surface area contributed by atoms with Crippen molar-refractivity contribution in [2.75, 3.05) is 19.7 Å². The van der Waals surface area contributed by atoms with Crippen LogP contribution in [0.3, 0.4) is 0 Å². The average Bonchev–Trinajstić information content (AvgIpc) is 3.26. The van der Waals surface area contributed by atoms with Crippen LogP contribution in [0.1, 0.15) is 52.6 Å². The maximum Gasteiger partial charge on any atom is 0.335 e. The highest BCUT2D eigenvalue weighted by atomic mass is 35.5. The molecule has 40 heavy (non-hydrogen) atoms. The number of carboxylic acids is 1. The van der Waals surface area contributed by atoms with E-state index in [-0.39, 0.29) is 24.2 Å². The zero-order chi connectivity index (χ0) is 27.6. The smallest absolute Gasteiger partial charge is 0.335 e. The van der Waals surface area contributed by atoms with Crippen molar-refractivity contribution in [2.24, 2.45) is 0 Å². The molecule has 1 atom stereocenters. The minimum atomic E-state index is -0.955. The minimum absolute atomic E-state index is 0.0397. The van der Waals surface area contributed by atoms with Gasteiger partial charge in [-0.15, -0.1) is 0 Å². The summed E-state index contributed by atoms with van der Waals surface area (Å²) in [6.45, 7) is 3.75. The molecule has 0 amide bonds. The SMILES string of the molecule is O=C(O)c1ccc2nc(CN3CCC(c4nccnc4OCc4ccc(Cl)cc4F)CC3)n(C[C@@H]3CCO3)c2c1. The highest BCUT2D eigenvalue weighted by Gasteiger charge is 2.28. The Bertz CT molecular complexity index is 1530. The lowest BCUT2D eigenvalue weighted by atomic mass is 9.93. The molecular weight excluding hydrogens is 537 g/mol. The van der Waals surface area contributed by atoms with Gasteiger partial charge in [-0.05, 0) is 62.7 Å². The van der Waals surface area contributed by atoms with Gasteiger partial charge in [0, 0.05) is 35.5 Å². The average molecular weight is 566 g/mol. The van der Waals surface area contributed by atoms with E-state index in [9.17, 15) is 14.3 Å². The summed E-state index contributed by atoms with van der Waals surface area (Å²) in [4.78, 5) is 27.8. The Hall–Kier alpha value is -3.60. The number of hydrogen-bond donors (Lipinski definition) is 1. The lowest BCUT2D eigenvalue weighted by molar-refractivity contribution is -0.0592. The molecule has 0 spiro atoms. The molecule has 0 saturated carbocycles.